The predicted octanol–water partition coefficient (Wildman–Crippen LogP) is 0.281. The molecule has 2 heterocycles. The average molecular weight is 471 g/mol. The average Bonchev–Trinajstić information content (AvgIpc) is 3.49. The number of nitrogens with zero attached hydrogens (tertiary/aromatic N) is 2. The van der Waals surface area contributed by atoms with E-state index in [4.69, 9.17) is 11.6 Å². The van der Waals surface area contributed by atoms with Crippen molar-refractivity contribution < 1.29 is 18.0 Å². The number of fused-ring (bicyclic) bond motifs is 1. The number of sulfonamides is 1. The molecule has 31 heavy (non-hydrogen) atoms. The Hall–Kier alpha value is -2.08. The van der Waals surface area contributed by atoms with E-state index in [0.717, 1.165) is 23.4 Å². The van der Waals surface area contributed by atoms with Gasteiger partial charge in [0.15, 0.2) is 0 Å². The lowest BCUT2D eigenvalue weighted by Gasteiger charge is -2.39. The van der Waals surface area contributed by atoms with Gasteiger partial charge in [-0.05, 0) is 31.0 Å². The number of amides is 2. The Labute approximate surface area is 186 Å². The number of rotatable bonds is 6. The fraction of sp³-hybridized carbons (Fsp3) is 0.579. The van der Waals surface area contributed by atoms with Crippen molar-refractivity contribution in [3.63, 3.8) is 0 Å². The van der Waals surface area contributed by atoms with Gasteiger partial charge in [0, 0.05) is 37.5 Å². The second-order valence-electron chi connectivity index (χ2n) is 8.41. The Morgan fingerprint density at radius 3 is 2.68 bits per heavy atom. The molecule has 10 nitrogen and oxygen atoms in total. The number of benzene rings is 1. The van der Waals surface area contributed by atoms with Gasteiger partial charge in [-0.15, -0.1) is 0 Å². The Bertz CT molecular complexity index is 1000. The molecule has 3 aliphatic rings. The molecule has 170 valence electrons. The molecule has 0 radical (unpaired) electrons. The number of hydrogen-bond donors (Lipinski definition) is 4. The van der Waals surface area contributed by atoms with E-state index in [0.29, 0.717) is 22.8 Å². The summed E-state index contributed by atoms with van der Waals surface area (Å²) in [7, 11) is -0.419. The van der Waals surface area contributed by atoms with Gasteiger partial charge in [-0.25, -0.2) is 13.8 Å². The lowest BCUT2D eigenvalue weighted by atomic mass is 9.88. The van der Waals surface area contributed by atoms with Gasteiger partial charge in [-0.1, -0.05) is 11.6 Å². The molecule has 1 aliphatic carbocycles. The molecule has 1 aromatic rings. The summed E-state index contributed by atoms with van der Waals surface area (Å²) in [6.45, 7) is 0. The van der Waals surface area contributed by atoms with E-state index < -0.39 is 15.9 Å². The summed E-state index contributed by atoms with van der Waals surface area (Å²) in [6, 6.07) is 4.57. The molecule has 0 bridgehead atoms. The molecule has 2 amide bonds. The van der Waals surface area contributed by atoms with Gasteiger partial charge in [0.05, 0.1) is 35.9 Å². The Morgan fingerprint density at radius 2 is 2.03 bits per heavy atom. The zero-order valence-corrected chi connectivity index (χ0v) is 19.1. The zero-order valence-electron chi connectivity index (χ0n) is 17.6. The van der Waals surface area contributed by atoms with Gasteiger partial charge in [0.1, 0.15) is 0 Å². The van der Waals surface area contributed by atoms with E-state index in [9.17, 15) is 18.0 Å². The van der Waals surface area contributed by atoms with Crippen LogP contribution in [-0.2, 0) is 19.6 Å². The molecule has 0 aromatic heterocycles. The third kappa shape index (κ3) is 4.59. The fourth-order valence-electron chi connectivity index (χ4n) is 4.10. The first-order valence-electron chi connectivity index (χ1n) is 10.1. The van der Waals surface area contributed by atoms with Crippen LogP contribution in [-0.4, -0.2) is 64.0 Å². The largest absolute Gasteiger partial charge is 0.380 e. The van der Waals surface area contributed by atoms with Crippen LogP contribution in [0.2, 0.25) is 5.02 Å². The Balaban J connectivity index is 1.61. The second-order valence-corrected chi connectivity index (χ2v) is 10.9. The monoisotopic (exact) mass is 470 g/mol. The van der Waals surface area contributed by atoms with Crippen LogP contribution in [0.25, 0.3) is 0 Å². The summed E-state index contributed by atoms with van der Waals surface area (Å²) >= 11 is 6.12. The van der Waals surface area contributed by atoms with Crippen molar-refractivity contribution in [1.29, 1.82) is 0 Å². The van der Waals surface area contributed by atoms with Crippen molar-refractivity contribution in [1.82, 2.24) is 21.1 Å². The van der Waals surface area contributed by atoms with Gasteiger partial charge in [-0.3, -0.25) is 24.2 Å². The van der Waals surface area contributed by atoms with Crippen molar-refractivity contribution >= 4 is 44.8 Å². The summed E-state index contributed by atoms with van der Waals surface area (Å²) in [6.07, 6.45) is 2.67. The minimum absolute atomic E-state index is 0.0105. The van der Waals surface area contributed by atoms with Crippen LogP contribution in [0.15, 0.2) is 18.2 Å². The molecule has 2 saturated heterocycles. The molecule has 4 unspecified atom stereocenters. The normalized spacial score (nSPS) is 28.3. The molecular formula is C19H27ClN6O4S. The molecule has 4 atom stereocenters. The first-order valence-corrected chi connectivity index (χ1v) is 12.4. The first-order chi connectivity index (χ1) is 14.5. The maximum absolute atomic E-state index is 12.8. The van der Waals surface area contributed by atoms with Gasteiger partial charge < -0.3 is 10.6 Å². The van der Waals surface area contributed by atoms with E-state index >= 15 is 0 Å². The van der Waals surface area contributed by atoms with E-state index in [1.807, 2.05) is 0 Å². The number of anilines is 2. The lowest BCUT2D eigenvalue weighted by Crippen LogP contribution is -2.63. The van der Waals surface area contributed by atoms with Crippen molar-refractivity contribution in [3.8, 4) is 0 Å². The molecule has 1 aromatic carbocycles. The highest BCUT2D eigenvalue weighted by atomic mass is 35.5. The molecular weight excluding hydrogens is 444 g/mol. The highest BCUT2D eigenvalue weighted by molar-refractivity contribution is 7.92. The highest BCUT2D eigenvalue weighted by Gasteiger charge is 2.49. The third-order valence-electron chi connectivity index (χ3n) is 6.01. The number of piperidine rings is 1. The summed E-state index contributed by atoms with van der Waals surface area (Å²) in [5, 5.41) is 11.5. The van der Waals surface area contributed by atoms with Gasteiger partial charge in [-0.2, -0.15) is 0 Å². The van der Waals surface area contributed by atoms with Crippen LogP contribution in [0.5, 0.6) is 0 Å². The number of carbonyl (C=O) groups excluding carboxylic acids is 2. The van der Waals surface area contributed by atoms with E-state index in [1.165, 1.54) is 12.1 Å². The lowest BCUT2D eigenvalue weighted by molar-refractivity contribution is -0.131. The standard InChI is InChI=1S/C19H27ClN6O4S/c1-25-19(28)16-13(9-15(22-17(16)24-25)23-18(27)10-4-5-10)21-12-7-6-11(20)8-14(12)26(2)31(3,29)30/h6-8,10,13,15-17,21-22,24H,4-5,9H2,1-3H3,(H,23,27). The summed E-state index contributed by atoms with van der Waals surface area (Å²) < 4.78 is 25.4. The van der Waals surface area contributed by atoms with E-state index in [-0.39, 0.29) is 36.1 Å². The summed E-state index contributed by atoms with van der Waals surface area (Å²) in [5.41, 5.74) is 4.02. The molecule has 12 heteroatoms. The molecule has 4 rings (SSSR count). The molecule has 0 spiro atoms. The van der Waals surface area contributed by atoms with E-state index in [2.05, 4.69) is 21.4 Å². The minimum Gasteiger partial charge on any atom is -0.380 e. The van der Waals surface area contributed by atoms with Crippen molar-refractivity contribution in [3.05, 3.63) is 23.2 Å². The van der Waals surface area contributed by atoms with Crippen molar-refractivity contribution in [2.45, 2.75) is 37.6 Å². The first kappa shape index (κ1) is 22.1. The van der Waals surface area contributed by atoms with Crippen LogP contribution in [0.3, 0.4) is 0 Å². The third-order valence-corrected chi connectivity index (χ3v) is 7.44. The van der Waals surface area contributed by atoms with Crippen LogP contribution in [0, 0.1) is 11.8 Å². The van der Waals surface area contributed by atoms with Gasteiger partial charge in [0.25, 0.3) is 0 Å². The molecule has 1 saturated carbocycles. The van der Waals surface area contributed by atoms with Crippen LogP contribution < -0.4 is 25.7 Å². The maximum Gasteiger partial charge on any atom is 0.244 e. The van der Waals surface area contributed by atoms with Crippen LogP contribution in [0.4, 0.5) is 11.4 Å². The fourth-order valence-corrected chi connectivity index (χ4v) is 4.77. The second kappa shape index (κ2) is 8.12. The van der Waals surface area contributed by atoms with Crippen molar-refractivity contribution in [2.75, 3.05) is 30.0 Å². The molecule has 2 aliphatic heterocycles. The summed E-state index contributed by atoms with van der Waals surface area (Å²) in [4.78, 5) is 25.1. The number of halogens is 1. The smallest absolute Gasteiger partial charge is 0.244 e. The predicted molar refractivity (Wildman–Crippen MR) is 118 cm³/mol. The van der Waals surface area contributed by atoms with Gasteiger partial charge in [0.2, 0.25) is 21.8 Å². The number of hydrogen-bond acceptors (Lipinski definition) is 7. The number of nitrogens with one attached hydrogen (secondary N) is 4. The highest BCUT2D eigenvalue weighted by Crippen LogP contribution is 2.35. The topological polar surface area (TPSA) is 123 Å². The van der Waals surface area contributed by atoms with Crippen LogP contribution in [0.1, 0.15) is 19.3 Å². The summed E-state index contributed by atoms with van der Waals surface area (Å²) in [5.74, 6) is -0.450. The SMILES string of the molecule is CN1NC2NC(NC(=O)C3CC3)CC(Nc3ccc(Cl)cc3N(C)S(C)(=O)=O)C2C1=O. The minimum atomic E-state index is -3.52. The maximum atomic E-state index is 12.8. The number of carbonyl (C=O) groups is 2. The quantitative estimate of drug-likeness (QED) is 0.471. The van der Waals surface area contributed by atoms with Crippen molar-refractivity contribution in [2.24, 2.45) is 11.8 Å². The van der Waals surface area contributed by atoms with Crippen LogP contribution >= 0.6 is 11.6 Å². The molecule has 4 N–H and O–H groups in total. The molecule has 3 fully saturated rings. The van der Waals surface area contributed by atoms with Gasteiger partial charge >= 0.3 is 0 Å². The Morgan fingerprint density at radius 1 is 1.32 bits per heavy atom. The Kier molecular flexibility index (Phi) is 5.80. The number of hydrazine groups is 1. The zero-order chi connectivity index (χ0) is 22.5. The van der Waals surface area contributed by atoms with E-state index in [1.54, 1.807) is 25.2 Å².